The molecule has 1 aliphatic rings. The van der Waals surface area contributed by atoms with E-state index in [4.69, 9.17) is 4.74 Å². The smallest absolute Gasteiger partial charge is 0.408 e. The van der Waals surface area contributed by atoms with Crippen LogP contribution in [-0.4, -0.2) is 43.2 Å². The highest BCUT2D eigenvalue weighted by molar-refractivity contribution is 6.89. The monoisotopic (exact) mass is 437 g/mol. The predicted molar refractivity (Wildman–Crippen MR) is 122 cm³/mol. The fourth-order valence-corrected chi connectivity index (χ4v) is 5.45. The number of nitrogens with zero attached hydrogens (tertiary/aromatic N) is 2. The molecule has 0 aliphatic carbocycles. The van der Waals surface area contributed by atoms with E-state index in [-0.39, 0.29) is 6.54 Å². The van der Waals surface area contributed by atoms with Gasteiger partial charge in [-0.2, -0.15) is 5.26 Å². The maximum Gasteiger partial charge on any atom is 0.408 e. The Bertz CT molecular complexity index is 1060. The maximum atomic E-state index is 13.2. The molecule has 0 radical (unpaired) electrons. The van der Waals surface area contributed by atoms with Gasteiger partial charge >= 0.3 is 6.09 Å². The molecule has 1 heterocycles. The van der Waals surface area contributed by atoms with Crippen molar-refractivity contribution in [2.75, 3.05) is 18.5 Å². The first-order chi connectivity index (χ1) is 14.7. The van der Waals surface area contributed by atoms with Gasteiger partial charge in [0.05, 0.1) is 26.3 Å². The van der Waals surface area contributed by atoms with Crippen LogP contribution >= 0.6 is 0 Å². The van der Waals surface area contributed by atoms with Crippen LogP contribution in [0.5, 0.6) is 5.75 Å². The number of amides is 2. The largest absolute Gasteiger partial charge is 0.494 e. The Morgan fingerprint density at radius 2 is 2.00 bits per heavy atom. The highest BCUT2D eigenvalue weighted by Crippen LogP contribution is 2.33. The molecule has 2 aromatic rings. The van der Waals surface area contributed by atoms with Crippen molar-refractivity contribution in [1.82, 2.24) is 4.90 Å². The van der Waals surface area contributed by atoms with Crippen LogP contribution in [0.25, 0.3) is 0 Å². The van der Waals surface area contributed by atoms with Gasteiger partial charge in [0, 0.05) is 12.2 Å². The lowest BCUT2D eigenvalue weighted by molar-refractivity contribution is -0.121. The Kier molecular flexibility index (Phi) is 6.36. The van der Waals surface area contributed by atoms with Gasteiger partial charge in [-0.3, -0.25) is 9.69 Å². The minimum absolute atomic E-state index is 0.216. The molecule has 2 amide bonds. The van der Waals surface area contributed by atoms with Crippen LogP contribution in [0.4, 0.5) is 10.5 Å². The third-order valence-electron chi connectivity index (χ3n) is 5.36. The first-order valence-corrected chi connectivity index (χ1v) is 13.8. The highest BCUT2D eigenvalue weighted by Gasteiger charge is 2.36. The number of hydrogen-bond acceptors (Lipinski definition) is 4. The number of nitrogens with one attached hydrogen (secondary N) is 1. The van der Waals surface area contributed by atoms with Crippen LogP contribution in [0.2, 0.25) is 19.6 Å². The van der Waals surface area contributed by atoms with Crippen LogP contribution < -0.4 is 15.2 Å². The van der Waals surface area contributed by atoms with E-state index in [9.17, 15) is 20.0 Å². The Balaban J connectivity index is 1.94. The SMILES string of the molecule is CCOc1ccc2c(c1)CCN(C(=O)O)C2C(=O)Nc1ccc([Si](C)(C)C)c(C#N)c1. The molecule has 162 valence electrons. The van der Waals surface area contributed by atoms with E-state index in [1.807, 2.05) is 19.1 Å². The van der Waals surface area contributed by atoms with Crippen molar-refractivity contribution in [1.29, 1.82) is 5.26 Å². The van der Waals surface area contributed by atoms with Gasteiger partial charge in [0.2, 0.25) is 0 Å². The normalized spacial score (nSPS) is 15.6. The van der Waals surface area contributed by atoms with Gasteiger partial charge in [0.25, 0.3) is 5.91 Å². The van der Waals surface area contributed by atoms with E-state index < -0.39 is 26.1 Å². The Morgan fingerprint density at radius 3 is 2.61 bits per heavy atom. The van der Waals surface area contributed by atoms with Gasteiger partial charge in [0.15, 0.2) is 0 Å². The quantitative estimate of drug-likeness (QED) is 0.694. The molecule has 0 aromatic heterocycles. The number of nitriles is 1. The molecule has 1 aliphatic heterocycles. The lowest BCUT2D eigenvalue weighted by Gasteiger charge is -2.34. The summed E-state index contributed by atoms with van der Waals surface area (Å²) in [6.07, 6.45) is -0.637. The summed E-state index contributed by atoms with van der Waals surface area (Å²) in [5, 5.41) is 23.1. The molecule has 31 heavy (non-hydrogen) atoms. The molecule has 1 unspecified atom stereocenters. The van der Waals surface area contributed by atoms with Gasteiger partial charge in [-0.25, -0.2) is 4.79 Å². The Morgan fingerprint density at radius 1 is 1.26 bits per heavy atom. The molecular weight excluding hydrogens is 410 g/mol. The Labute approximate surface area is 183 Å². The fourth-order valence-electron chi connectivity index (χ4n) is 3.93. The molecule has 0 saturated heterocycles. The predicted octanol–water partition coefficient (Wildman–Crippen LogP) is 3.72. The van der Waals surface area contributed by atoms with Gasteiger partial charge in [0.1, 0.15) is 11.8 Å². The summed E-state index contributed by atoms with van der Waals surface area (Å²) >= 11 is 0. The van der Waals surface area contributed by atoms with E-state index in [1.165, 1.54) is 0 Å². The number of ether oxygens (including phenoxy) is 1. The molecule has 0 fully saturated rings. The minimum Gasteiger partial charge on any atom is -0.494 e. The second-order valence-electron chi connectivity index (χ2n) is 8.53. The zero-order valence-corrected chi connectivity index (χ0v) is 19.2. The number of carboxylic acid groups (broad SMARTS) is 1. The van der Waals surface area contributed by atoms with E-state index >= 15 is 0 Å². The summed E-state index contributed by atoms with van der Waals surface area (Å²) in [4.78, 5) is 26.2. The lowest BCUT2D eigenvalue weighted by atomic mass is 9.92. The van der Waals surface area contributed by atoms with Crippen molar-refractivity contribution < 1.29 is 19.4 Å². The van der Waals surface area contributed by atoms with E-state index in [1.54, 1.807) is 24.3 Å². The average Bonchev–Trinajstić information content (AvgIpc) is 2.71. The lowest BCUT2D eigenvalue weighted by Crippen LogP contribution is -2.44. The van der Waals surface area contributed by atoms with Crippen LogP contribution in [0.1, 0.15) is 29.7 Å². The number of hydrogen-bond donors (Lipinski definition) is 2. The van der Waals surface area contributed by atoms with Crippen molar-refractivity contribution in [3.05, 3.63) is 53.1 Å². The Hall–Kier alpha value is -3.31. The summed E-state index contributed by atoms with van der Waals surface area (Å²) in [6.45, 7) is 9.10. The summed E-state index contributed by atoms with van der Waals surface area (Å²) in [5.41, 5.74) is 2.56. The molecule has 3 rings (SSSR count). The molecule has 2 N–H and O–H groups in total. The topological polar surface area (TPSA) is 103 Å². The summed E-state index contributed by atoms with van der Waals surface area (Å²) in [5.74, 6) is 0.252. The number of anilines is 1. The number of fused-ring (bicyclic) bond motifs is 1. The highest BCUT2D eigenvalue weighted by atomic mass is 28.3. The van der Waals surface area contributed by atoms with Crippen LogP contribution in [0.3, 0.4) is 0 Å². The van der Waals surface area contributed by atoms with Crippen molar-refractivity contribution >= 4 is 30.9 Å². The van der Waals surface area contributed by atoms with Crippen LogP contribution in [-0.2, 0) is 11.2 Å². The van der Waals surface area contributed by atoms with Gasteiger partial charge in [-0.05, 0) is 53.9 Å². The van der Waals surface area contributed by atoms with Gasteiger partial charge in [-0.15, -0.1) is 0 Å². The summed E-state index contributed by atoms with van der Waals surface area (Å²) < 4.78 is 5.54. The summed E-state index contributed by atoms with van der Waals surface area (Å²) in [7, 11) is -1.71. The molecular formula is C23H27N3O4Si. The molecule has 0 spiro atoms. The van der Waals surface area contributed by atoms with Gasteiger partial charge in [-0.1, -0.05) is 31.8 Å². The molecule has 1 atom stereocenters. The molecule has 7 nitrogen and oxygen atoms in total. The van der Waals surface area contributed by atoms with E-state index in [0.29, 0.717) is 35.6 Å². The fraction of sp³-hybridized carbons (Fsp3) is 0.348. The van der Waals surface area contributed by atoms with Crippen molar-refractivity contribution in [2.24, 2.45) is 0 Å². The van der Waals surface area contributed by atoms with Crippen molar-refractivity contribution in [3.8, 4) is 11.8 Å². The second-order valence-corrected chi connectivity index (χ2v) is 13.6. The first-order valence-electron chi connectivity index (χ1n) is 10.3. The first kappa shape index (κ1) is 22.4. The summed E-state index contributed by atoms with van der Waals surface area (Å²) in [6, 6.07) is 12.0. The van der Waals surface area contributed by atoms with Crippen LogP contribution in [0, 0.1) is 11.3 Å². The number of carbonyl (C=O) groups is 2. The van der Waals surface area contributed by atoms with Gasteiger partial charge < -0.3 is 15.2 Å². The van der Waals surface area contributed by atoms with E-state index in [2.05, 4.69) is 31.0 Å². The zero-order chi connectivity index (χ0) is 22.8. The zero-order valence-electron chi connectivity index (χ0n) is 18.2. The van der Waals surface area contributed by atoms with E-state index in [0.717, 1.165) is 15.7 Å². The number of benzene rings is 2. The average molecular weight is 438 g/mol. The number of carbonyl (C=O) groups excluding carboxylic acids is 1. The van der Waals surface area contributed by atoms with Crippen molar-refractivity contribution in [3.63, 3.8) is 0 Å². The maximum absolute atomic E-state index is 13.2. The standard InChI is InChI=1S/C23H27N3O4Si/c1-5-30-18-7-8-19-15(13-18)10-11-26(23(28)29)21(19)22(27)25-17-6-9-20(31(2,3)4)16(12-17)14-24/h6-9,12-13,21H,5,10-11H2,1-4H3,(H,25,27)(H,28,29). The molecule has 8 heteroatoms. The molecule has 2 aromatic carbocycles. The van der Waals surface area contributed by atoms with Crippen LogP contribution in [0.15, 0.2) is 36.4 Å². The third kappa shape index (κ3) is 4.72. The number of rotatable bonds is 5. The third-order valence-corrected chi connectivity index (χ3v) is 7.42. The molecule has 0 saturated carbocycles. The second kappa shape index (κ2) is 8.82. The minimum atomic E-state index is -1.71. The van der Waals surface area contributed by atoms with Crippen molar-refractivity contribution in [2.45, 2.75) is 39.0 Å². The molecule has 0 bridgehead atoms.